The highest BCUT2D eigenvalue weighted by Crippen LogP contribution is 2.06. The molecule has 17 heavy (non-hydrogen) atoms. The second-order valence-corrected chi connectivity index (χ2v) is 3.92. The van der Waals surface area contributed by atoms with E-state index in [4.69, 9.17) is 4.74 Å². The lowest BCUT2D eigenvalue weighted by Crippen LogP contribution is -2.46. The molecule has 1 aromatic carbocycles. The number of nitrogens with one attached hydrogen (secondary N) is 1. The molecule has 0 unspecified atom stereocenters. The number of halogens is 1. The zero-order valence-electron chi connectivity index (χ0n) is 9.49. The van der Waals surface area contributed by atoms with Crippen LogP contribution in [-0.2, 0) is 11.3 Å². The molecule has 1 N–H and O–H groups in total. The van der Waals surface area contributed by atoms with Crippen LogP contribution in [0.4, 0.5) is 9.18 Å². The predicted molar refractivity (Wildman–Crippen MR) is 61.0 cm³/mol. The molecule has 1 heterocycles. The van der Waals surface area contributed by atoms with Crippen molar-refractivity contribution >= 4 is 6.09 Å². The van der Waals surface area contributed by atoms with Crippen LogP contribution in [0, 0.1) is 5.82 Å². The van der Waals surface area contributed by atoms with E-state index in [9.17, 15) is 9.18 Å². The summed E-state index contributed by atoms with van der Waals surface area (Å²) in [6.45, 7) is 3.12. The Morgan fingerprint density at radius 3 is 2.59 bits per heavy atom. The molecule has 2 rings (SSSR count). The Labute approximate surface area is 99.4 Å². The number of hydrogen-bond acceptors (Lipinski definition) is 3. The third kappa shape index (κ3) is 3.42. The Morgan fingerprint density at radius 1 is 1.29 bits per heavy atom. The van der Waals surface area contributed by atoms with Gasteiger partial charge in [-0.3, -0.25) is 0 Å². The zero-order chi connectivity index (χ0) is 12.1. The van der Waals surface area contributed by atoms with Crippen LogP contribution in [0.1, 0.15) is 5.56 Å². The summed E-state index contributed by atoms with van der Waals surface area (Å²) in [4.78, 5) is 13.3. The topological polar surface area (TPSA) is 41.6 Å². The molecular formula is C12H15FN2O2. The zero-order valence-corrected chi connectivity index (χ0v) is 9.49. The second kappa shape index (κ2) is 5.63. The highest BCUT2D eigenvalue weighted by molar-refractivity contribution is 5.67. The van der Waals surface area contributed by atoms with E-state index in [1.54, 1.807) is 17.0 Å². The molecule has 5 heteroatoms. The average Bonchev–Trinajstić information content (AvgIpc) is 2.39. The van der Waals surface area contributed by atoms with Crippen molar-refractivity contribution in [2.24, 2.45) is 0 Å². The number of piperazine rings is 1. The van der Waals surface area contributed by atoms with Gasteiger partial charge in [-0.15, -0.1) is 0 Å². The molecule has 92 valence electrons. The van der Waals surface area contributed by atoms with Gasteiger partial charge in [0.1, 0.15) is 12.4 Å². The van der Waals surface area contributed by atoms with Gasteiger partial charge in [0.15, 0.2) is 0 Å². The van der Waals surface area contributed by atoms with Gasteiger partial charge in [-0.05, 0) is 17.7 Å². The molecule has 1 saturated heterocycles. The quantitative estimate of drug-likeness (QED) is 0.846. The first kappa shape index (κ1) is 11.9. The number of hydrogen-bond donors (Lipinski definition) is 1. The first-order valence-corrected chi connectivity index (χ1v) is 5.62. The molecule has 1 aliphatic rings. The highest BCUT2D eigenvalue weighted by Gasteiger charge is 2.17. The van der Waals surface area contributed by atoms with E-state index in [0.717, 1.165) is 18.7 Å². The van der Waals surface area contributed by atoms with E-state index >= 15 is 0 Å². The normalized spacial score (nSPS) is 15.7. The summed E-state index contributed by atoms with van der Waals surface area (Å²) in [5, 5.41) is 3.16. The van der Waals surface area contributed by atoms with E-state index in [2.05, 4.69) is 5.32 Å². The monoisotopic (exact) mass is 238 g/mol. The van der Waals surface area contributed by atoms with Gasteiger partial charge in [0.25, 0.3) is 0 Å². The van der Waals surface area contributed by atoms with E-state index in [1.165, 1.54) is 12.1 Å². The van der Waals surface area contributed by atoms with Crippen molar-refractivity contribution in [2.75, 3.05) is 26.2 Å². The van der Waals surface area contributed by atoms with E-state index in [1.807, 2.05) is 0 Å². The van der Waals surface area contributed by atoms with Crippen LogP contribution >= 0.6 is 0 Å². The predicted octanol–water partition coefficient (Wildman–Crippen LogP) is 1.37. The fourth-order valence-corrected chi connectivity index (χ4v) is 1.66. The number of benzene rings is 1. The molecule has 0 radical (unpaired) electrons. The molecule has 1 aliphatic heterocycles. The van der Waals surface area contributed by atoms with Gasteiger partial charge in [0.05, 0.1) is 0 Å². The summed E-state index contributed by atoms with van der Waals surface area (Å²) in [5.41, 5.74) is 0.787. The lowest BCUT2D eigenvalue weighted by atomic mass is 10.2. The van der Waals surface area contributed by atoms with Crippen molar-refractivity contribution in [3.05, 3.63) is 35.6 Å². The van der Waals surface area contributed by atoms with E-state index < -0.39 is 0 Å². The Balaban J connectivity index is 1.81. The SMILES string of the molecule is O=C(OCc1ccc(F)cc1)N1CCNCC1. The van der Waals surface area contributed by atoms with E-state index in [0.29, 0.717) is 13.1 Å². The lowest BCUT2D eigenvalue weighted by molar-refractivity contribution is 0.0918. The van der Waals surface area contributed by atoms with Crippen molar-refractivity contribution in [2.45, 2.75) is 6.61 Å². The highest BCUT2D eigenvalue weighted by atomic mass is 19.1. The molecule has 0 bridgehead atoms. The van der Waals surface area contributed by atoms with Crippen LogP contribution in [0.5, 0.6) is 0 Å². The van der Waals surface area contributed by atoms with Crippen molar-refractivity contribution in [1.82, 2.24) is 10.2 Å². The van der Waals surface area contributed by atoms with Crippen molar-refractivity contribution in [1.29, 1.82) is 0 Å². The van der Waals surface area contributed by atoms with Crippen LogP contribution in [0.15, 0.2) is 24.3 Å². The smallest absolute Gasteiger partial charge is 0.410 e. The molecular weight excluding hydrogens is 223 g/mol. The minimum atomic E-state index is -0.309. The average molecular weight is 238 g/mol. The van der Waals surface area contributed by atoms with Crippen LogP contribution in [0.25, 0.3) is 0 Å². The fraction of sp³-hybridized carbons (Fsp3) is 0.417. The third-order valence-electron chi connectivity index (χ3n) is 2.65. The van der Waals surface area contributed by atoms with Crippen molar-refractivity contribution in [3.8, 4) is 0 Å². The molecule has 1 aromatic rings. The Morgan fingerprint density at radius 2 is 1.94 bits per heavy atom. The van der Waals surface area contributed by atoms with Crippen molar-refractivity contribution in [3.63, 3.8) is 0 Å². The van der Waals surface area contributed by atoms with Gasteiger partial charge in [0.2, 0.25) is 0 Å². The molecule has 0 aromatic heterocycles. The van der Waals surface area contributed by atoms with Crippen LogP contribution in [-0.4, -0.2) is 37.2 Å². The molecule has 1 amide bonds. The minimum absolute atomic E-state index is 0.184. The molecule has 1 fully saturated rings. The largest absolute Gasteiger partial charge is 0.445 e. The first-order valence-electron chi connectivity index (χ1n) is 5.62. The number of carbonyl (C=O) groups is 1. The van der Waals surface area contributed by atoms with Gasteiger partial charge in [-0.2, -0.15) is 0 Å². The van der Waals surface area contributed by atoms with Gasteiger partial charge in [-0.25, -0.2) is 9.18 Å². The summed E-state index contributed by atoms with van der Waals surface area (Å²) in [5.74, 6) is -0.290. The maximum absolute atomic E-state index is 12.7. The van der Waals surface area contributed by atoms with Crippen LogP contribution in [0.3, 0.4) is 0 Å². The molecule has 0 saturated carbocycles. The lowest BCUT2D eigenvalue weighted by Gasteiger charge is -2.26. The Kier molecular flexibility index (Phi) is 3.93. The van der Waals surface area contributed by atoms with Gasteiger partial charge in [-0.1, -0.05) is 12.1 Å². The van der Waals surface area contributed by atoms with E-state index in [-0.39, 0.29) is 18.5 Å². The maximum atomic E-state index is 12.7. The number of carbonyl (C=O) groups excluding carboxylic acids is 1. The number of rotatable bonds is 2. The summed E-state index contributed by atoms with van der Waals surface area (Å²) < 4.78 is 17.8. The minimum Gasteiger partial charge on any atom is -0.445 e. The molecule has 0 spiro atoms. The molecule has 0 atom stereocenters. The number of amides is 1. The molecule has 4 nitrogen and oxygen atoms in total. The van der Waals surface area contributed by atoms with Gasteiger partial charge in [0, 0.05) is 26.2 Å². The summed E-state index contributed by atoms with van der Waals surface area (Å²) in [6.07, 6.45) is -0.309. The maximum Gasteiger partial charge on any atom is 0.410 e. The van der Waals surface area contributed by atoms with Crippen LogP contribution in [0.2, 0.25) is 0 Å². The third-order valence-corrected chi connectivity index (χ3v) is 2.65. The fourth-order valence-electron chi connectivity index (χ4n) is 1.66. The second-order valence-electron chi connectivity index (χ2n) is 3.92. The van der Waals surface area contributed by atoms with Gasteiger partial charge < -0.3 is 15.0 Å². The number of ether oxygens (including phenoxy) is 1. The first-order chi connectivity index (χ1) is 8.25. The van der Waals surface area contributed by atoms with Crippen LogP contribution < -0.4 is 5.32 Å². The number of nitrogens with zero attached hydrogens (tertiary/aromatic N) is 1. The summed E-state index contributed by atoms with van der Waals surface area (Å²) in [6, 6.07) is 5.93. The Hall–Kier alpha value is -1.62. The summed E-state index contributed by atoms with van der Waals surface area (Å²) >= 11 is 0. The molecule has 0 aliphatic carbocycles. The standard InChI is InChI=1S/C12H15FN2O2/c13-11-3-1-10(2-4-11)9-17-12(16)15-7-5-14-6-8-15/h1-4,14H,5-9H2. The Bertz CT molecular complexity index is 375. The van der Waals surface area contributed by atoms with Gasteiger partial charge >= 0.3 is 6.09 Å². The summed E-state index contributed by atoms with van der Waals surface area (Å²) in [7, 11) is 0. The van der Waals surface area contributed by atoms with Crippen molar-refractivity contribution < 1.29 is 13.9 Å².